The Morgan fingerprint density at radius 3 is 2.24 bits per heavy atom. The molecule has 3 aromatic carbocycles. The number of fused-ring (bicyclic) bond motifs is 1. The number of aryl methyl sites for hydroxylation is 1. The highest BCUT2D eigenvalue weighted by Gasteiger charge is 2.41. The first kappa shape index (κ1) is 22.3. The Morgan fingerprint density at radius 2 is 1.50 bits per heavy atom. The minimum atomic E-state index is 0.00267. The lowest BCUT2D eigenvalue weighted by atomic mass is 9.81. The van der Waals surface area contributed by atoms with E-state index >= 15 is 0 Å². The molecule has 2 amide bonds. The van der Waals surface area contributed by atoms with Crippen molar-refractivity contribution in [3.05, 3.63) is 101 Å². The van der Waals surface area contributed by atoms with Crippen LogP contribution in [0.2, 0.25) is 0 Å². The highest BCUT2D eigenvalue weighted by Crippen LogP contribution is 2.36. The number of carbonyl (C=O) groups is 1. The first-order valence-corrected chi connectivity index (χ1v) is 12.2. The summed E-state index contributed by atoms with van der Waals surface area (Å²) < 4.78 is 0. The third-order valence-electron chi connectivity index (χ3n) is 6.95. The highest BCUT2D eigenvalue weighted by atomic mass is 16.2. The SMILES string of the molecule is Cc1ccc(NC(=O)N2CCCCN3C[C@H](c4ccc(C#Cc5ccccc5)cc4)[C@@H]3C2)cc1. The Bertz CT molecular complexity index is 1180. The highest BCUT2D eigenvalue weighted by molar-refractivity contribution is 5.89. The summed E-state index contributed by atoms with van der Waals surface area (Å²) in [5.74, 6) is 6.94. The van der Waals surface area contributed by atoms with Gasteiger partial charge in [-0.3, -0.25) is 4.90 Å². The standard InChI is InChI=1S/C30H31N3O/c1-23-9-17-27(18-10-23)31-30(34)33-20-6-5-19-32-21-28(29(32)22-33)26-15-13-25(14-16-26)12-11-24-7-3-2-4-8-24/h2-4,7-10,13-18,28-29H,5-6,19-22H2,1H3,(H,31,34)/t28-,29+/m1/s1. The van der Waals surface area contributed by atoms with E-state index in [0.717, 1.165) is 55.8 Å². The zero-order valence-electron chi connectivity index (χ0n) is 19.7. The van der Waals surface area contributed by atoms with Gasteiger partial charge < -0.3 is 10.2 Å². The van der Waals surface area contributed by atoms with E-state index in [1.54, 1.807) is 0 Å². The number of nitrogens with zero attached hydrogens (tertiary/aromatic N) is 2. The summed E-state index contributed by atoms with van der Waals surface area (Å²) in [6.45, 7) is 5.81. The van der Waals surface area contributed by atoms with E-state index in [-0.39, 0.29) is 6.03 Å². The molecule has 1 N–H and O–H groups in total. The van der Waals surface area contributed by atoms with Gasteiger partial charge in [0.15, 0.2) is 0 Å². The molecule has 172 valence electrons. The molecule has 2 aliphatic heterocycles. The van der Waals surface area contributed by atoms with Gasteiger partial charge in [-0.15, -0.1) is 0 Å². The van der Waals surface area contributed by atoms with Gasteiger partial charge in [-0.1, -0.05) is 59.9 Å². The van der Waals surface area contributed by atoms with Gasteiger partial charge in [-0.05, 0) is 68.3 Å². The Labute approximate surface area is 202 Å². The molecule has 0 radical (unpaired) electrons. The van der Waals surface area contributed by atoms with Crippen LogP contribution in [0.3, 0.4) is 0 Å². The fourth-order valence-corrected chi connectivity index (χ4v) is 4.89. The number of benzene rings is 3. The Morgan fingerprint density at radius 1 is 0.824 bits per heavy atom. The number of urea groups is 1. The maximum Gasteiger partial charge on any atom is 0.321 e. The van der Waals surface area contributed by atoms with Gasteiger partial charge in [0.2, 0.25) is 0 Å². The summed E-state index contributed by atoms with van der Waals surface area (Å²) in [5, 5.41) is 3.09. The zero-order valence-corrected chi connectivity index (χ0v) is 19.7. The van der Waals surface area contributed by atoms with Crippen LogP contribution < -0.4 is 5.32 Å². The maximum atomic E-state index is 13.1. The van der Waals surface area contributed by atoms with Crippen molar-refractivity contribution in [1.82, 2.24) is 9.80 Å². The molecule has 34 heavy (non-hydrogen) atoms. The number of nitrogens with one attached hydrogen (secondary N) is 1. The molecule has 3 aromatic rings. The quantitative estimate of drug-likeness (QED) is 0.525. The molecule has 2 saturated heterocycles. The summed E-state index contributed by atoms with van der Waals surface area (Å²) >= 11 is 0. The predicted molar refractivity (Wildman–Crippen MR) is 138 cm³/mol. The van der Waals surface area contributed by atoms with Crippen LogP contribution in [0.4, 0.5) is 10.5 Å². The van der Waals surface area contributed by atoms with Crippen LogP contribution in [-0.2, 0) is 0 Å². The number of hydrogen-bond acceptors (Lipinski definition) is 2. The summed E-state index contributed by atoms with van der Waals surface area (Å²) in [4.78, 5) is 17.6. The first-order valence-electron chi connectivity index (χ1n) is 12.2. The van der Waals surface area contributed by atoms with Crippen molar-refractivity contribution in [2.75, 3.05) is 31.5 Å². The molecule has 2 fully saturated rings. The molecule has 0 aromatic heterocycles. The summed E-state index contributed by atoms with van der Waals surface area (Å²) in [5.41, 5.74) is 5.44. The lowest BCUT2D eigenvalue weighted by molar-refractivity contribution is 0.0272. The van der Waals surface area contributed by atoms with Gasteiger partial charge in [0.1, 0.15) is 0 Å². The molecular formula is C30H31N3O. The molecule has 0 bridgehead atoms. The fourth-order valence-electron chi connectivity index (χ4n) is 4.89. The molecule has 2 atom stereocenters. The molecule has 4 nitrogen and oxygen atoms in total. The van der Waals surface area contributed by atoms with E-state index in [9.17, 15) is 4.79 Å². The minimum Gasteiger partial charge on any atom is -0.323 e. The fraction of sp³-hybridized carbons (Fsp3) is 0.300. The third kappa shape index (κ3) is 5.16. The van der Waals surface area contributed by atoms with Crippen molar-refractivity contribution in [3.63, 3.8) is 0 Å². The molecule has 4 heteroatoms. The smallest absolute Gasteiger partial charge is 0.321 e. The Kier molecular flexibility index (Phi) is 6.65. The van der Waals surface area contributed by atoms with Gasteiger partial charge >= 0.3 is 6.03 Å². The largest absolute Gasteiger partial charge is 0.323 e. The van der Waals surface area contributed by atoms with Crippen molar-refractivity contribution < 1.29 is 4.79 Å². The molecule has 2 heterocycles. The van der Waals surface area contributed by atoms with Crippen molar-refractivity contribution >= 4 is 11.7 Å². The molecule has 0 unspecified atom stereocenters. The predicted octanol–water partition coefficient (Wildman–Crippen LogP) is 5.49. The van der Waals surface area contributed by atoms with Gasteiger partial charge in [0.25, 0.3) is 0 Å². The third-order valence-corrected chi connectivity index (χ3v) is 6.95. The summed E-state index contributed by atoms with van der Waals surface area (Å²) in [7, 11) is 0. The van der Waals surface area contributed by atoms with Gasteiger partial charge in [0, 0.05) is 48.4 Å². The van der Waals surface area contributed by atoms with Crippen LogP contribution >= 0.6 is 0 Å². The van der Waals surface area contributed by atoms with Gasteiger partial charge in [0.05, 0.1) is 0 Å². The number of hydrogen-bond donors (Lipinski definition) is 1. The van der Waals surface area contributed by atoms with Crippen LogP contribution in [0.1, 0.15) is 41.0 Å². The number of rotatable bonds is 2. The van der Waals surface area contributed by atoms with Crippen LogP contribution in [0, 0.1) is 18.8 Å². The molecule has 0 aliphatic carbocycles. The van der Waals surface area contributed by atoms with E-state index in [1.165, 1.54) is 11.1 Å². The lowest BCUT2D eigenvalue weighted by Crippen LogP contribution is -2.61. The van der Waals surface area contributed by atoms with Crippen LogP contribution in [-0.4, -0.2) is 48.1 Å². The van der Waals surface area contributed by atoms with Gasteiger partial charge in [-0.2, -0.15) is 0 Å². The van der Waals surface area contributed by atoms with E-state index in [0.29, 0.717) is 12.0 Å². The number of anilines is 1. The maximum absolute atomic E-state index is 13.1. The second-order valence-electron chi connectivity index (χ2n) is 9.36. The molecule has 0 saturated carbocycles. The number of amides is 2. The normalized spacial score (nSPS) is 20.1. The van der Waals surface area contributed by atoms with Crippen molar-refractivity contribution in [2.24, 2.45) is 0 Å². The van der Waals surface area contributed by atoms with Crippen molar-refractivity contribution in [1.29, 1.82) is 0 Å². The Hall–Kier alpha value is -3.55. The topological polar surface area (TPSA) is 35.6 Å². The van der Waals surface area contributed by atoms with Crippen LogP contribution in [0.5, 0.6) is 0 Å². The van der Waals surface area contributed by atoms with Crippen molar-refractivity contribution in [3.8, 4) is 11.8 Å². The molecular weight excluding hydrogens is 418 g/mol. The molecule has 2 aliphatic rings. The monoisotopic (exact) mass is 449 g/mol. The van der Waals surface area contributed by atoms with E-state index in [2.05, 4.69) is 53.2 Å². The van der Waals surface area contributed by atoms with E-state index in [4.69, 9.17) is 0 Å². The number of carbonyl (C=O) groups excluding carboxylic acids is 1. The van der Waals surface area contributed by atoms with Gasteiger partial charge in [-0.25, -0.2) is 4.79 Å². The van der Waals surface area contributed by atoms with E-state index in [1.807, 2.05) is 59.5 Å². The minimum absolute atomic E-state index is 0.00267. The Balaban J connectivity index is 1.25. The average molecular weight is 450 g/mol. The summed E-state index contributed by atoms with van der Waals surface area (Å²) in [6.07, 6.45) is 2.18. The van der Waals surface area contributed by atoms with Crippen molar-refractivity contribution in [2.45, 2.75) is 31.7 Å². The second-order valence-corrected chi connectivity index (χ2v) is 9.36. The lowest BCUT2D eigenvalue weighted by Gasteiger charge is -2.51. The summed E-state index contributed by atoms with van der Waals surface area (Å²) in [6, 6.07) is 27.1. The van der Waals surface area contributed by atoms with Crippen LogP contribution in [0.15, 0.2) is 78.9 Å². The molecule has 0 spiro atoms. The second kappa shape index (κ2) is 10.2. The zero-order chi connectivity index (χ0) is 23.3. The average Bonchev–Trinajstić information content (AvgIpc) is 2.85. The molecule has 5 rings (SSSR count). The van der Waals surface area contributed by atoms with E-state index < -0.39 is 0 Å². The first-order chi connectivity index (χ1) is 16.7. The van der Waals surface area contributed by atoms with Crippen LogP contribution in [0.25, 0.3) is 0 Å².